The maximum Gasteiger partial charge on any atom is 0.354 e. The molecular weight excluding hydrogens is 510 g/mol. The molecule has 10 N–H and O–H groups in total. The maximum atomic E-state index is 12.8. The van der Waals surface area contributed by atoms with Gasteiger partial charge in [0.1, 0.15) is 12.3 Å². The maximum absolute atomic E-state index is 12.8. The zero-order chi connectivity index (χ0) is 28.3. The fourth-order valence-corrected chi connectivity index (χ4v) is 3.91. The van der Waals surface area contributed by atoms with E-state index < -0.39 is 0 Å². The number of guanidine groups is 2. The summed E-state index contributed by atoms with van der Waals surface area (Å²) in [6.07, 6.45) is 4.25. The predicted octanol–water partition coefficient (Wildman–Crippen LogP) is 1.18. The Morgan fingerprint density at radius 2 is 1.75 bits per heavy atom. The van der Waals surface area contributed by atoms with Gasteiger partial charge in [-0.05, 0) is 47.9 Å². The van der Waals surface area contributed by atoms with Gasteiger partial charge >= 0.3 is 5.69 Å². The van der Waals surface area contributed by atoms with E-state index >= 15 is 0 Å². The van der Waals surface area contributed by atoms with Crippen LogP contribution in [0.15, 0.2) is 70.7 Å². The Kier molecular flexibility index (Phi) is 9.45. The van der Waals surface area contributed by atoms with Crippen molar-refractivity contribution in [1.29, 1.82) is 10.8 Å². The van der Waals surface area contributed by atoms with Crippen LogP contribution in [0.1, 0.15) is 17.5 Å². The van der Waals surface area contributed by atoms with Gasteiger partial charge in [0.05, 0.1) is 18.4 Å². The average molecular weight is 544 g/mol. The van der Waals surface area contributed by atoms with Crippen molar-refractivity contribution in [2.75, 3.05) is 26.2 Å². The molecule has 0 bridgehead atoms. The Labute approximate surface area is 230 Å². The lowest BCUT2D eigenvalue weighted by molar-refractivity contribution is 0.151. The lowest BCUT2D eigenvalue weighted by atomic mass is 10.1. The fraction of sp³-hybridized carbons (Fsp3) is 0.222. The van der Waals surface area contributed by atoms with Crippen molar-refractivity contribution in [3.63, 3.8) is 0 Å². The zero-order valence-corrected chi connectivity index (χ0v) is 21.9. The molecular formula is C27H33N11O2. The molecule has 0 saturated heterocycles. The molecule has 0 aliphatic rings. The summed E-state index contributed by atoms with van der Waals surface area (Å²) in [7, 11) is 0. The highest BCUT2D eigenvalue weighted by atomic mass is 16.6. The topological polar surface area (TPSA) is 208 Å². The van der Waals surface area contributed by atoms with Gasteiger partial charge in [-0.2, -0.15) is 4.98 Å². The minimum absolute atomic E-state index is 0.0192. The monoisotopic (exact) mass is 543 g/mol. The van der Waals surface area contributed by atoms with E-state index in [0.29, 0.717) is 31.9 Å². The van der Waals surface area contributed by atoms with E-state index in [4.69, 9.17) is 27.1 Å². The van der Waals surface area contributed by atoms with E-state index in [9.17, 15) is 4.79 Å². The molecule has 0 radical (unpaired) electrons. The van der Waals surface area contributed by atoms with Crippen molar-refractivity contribution in [2.45, 2.75) is 13.0 Å². The van der Waals surface area contributed by atoms with Crippen molar-refractivity contribution < 1.29 is 4.84 Å². The first-order valence-electron chi connectivity index (χ1n) is 12.7. The molecule has 0 unspecified atom stereocenters. The molecule has 0 atom stereocenters. The second-order valence-corrected chi connectivity index (χ2v) is 8.95. The normalized spacial score (nSPS) is 11.1. The third-order valence-electron chi connectivity index (χ3n) is 5.90. The number of hydrogen-bond acceptors (Lipinski definition) is 7. The standard InChI is InChI=1S/C27H33N11O2/c28-25(29)33-11-1-10-32-15-18-4-8-22(9-5-18)38-17-21-14-23(36-24(21)37-27(38)39)20-6-2-19(3-7-20)16-35-40-13-12-34-26(30)31/h2-9,14,16-17,32H,1,10-13,15H2,(H4,28,29,33)(H4,30,31,34)(H,36,37,39)/b35-16+. The van der Waals surface area contributed by atoms with E-state index in [0.717, 1.165) is 46.4 Å². The molecule has 208 valence electrons. The number of aromatic nitrogens is 3. The van der Waals surface area contributed by atoms with Crippen LogP contribution in [0.3, 0.4) is 0 Å². The van der Waals surface area contributed by atoms with Gasteiger partial charge < -0.3 is 37.2 Å². The molecule has 2 aromatic carbocycles. The minimum atomic E-state index is -0.366. The number of nitrogens with zero attached hydrogens (tertiary/aromatic N) is 3. The van der Waals surface area contributed by atoms with E-state index in [1.807, 2.05) is 54.6 Å². The quantitative estimate of drug-likeness (QED) is 0.0530. The van der Waals surface area contributed by atoms with Crippen molar-refractivity contribution >= 4 is 29.2 Å². The number of nitrogens with one attached hydrogen (secondary N) is 6. The Balaban J connectivity index is 1.37. The second-order valence-electron chi connectivity index (χ2n) is 8.95. The lowest BCUT2D eigenvalue weighted by Crippen LogP contribution is -2.32. The summed E-state index contributed by atoms with van der Waals surface area (Å²) < 4.78 is 1.54. The number of rotatable bonds is 13. The van der Waals surface area contributed by atoms with Crippen LogP contribution >= 0.6 is 0 Å². The third kappa shape index (κ3) is 7.91. The fourth-order valence-electron chi connectivity index (χ4n) is 3.91. The third-order valence-corrected chi connectivity index (χ3v) is 5.90. The molecule has 13 heteroatoms. The van der Waals surface area contributed by atoms with Crippen LogP contribution in [-0.4, -0.2) is 58.9 Å². The van der Waals surface area contributed by atoms with Gasteiger partial charge in [0, 0.05) is 30.4 Å². The molecule has 2 aromatic heterocycles. The minimum Gasteiger partial charge on any atom is -0.394 e. The van der Waals surface area contributed by atoms with Crippen molar-refractivity contribution in [2.24, 2.45) is 16.6 Å². The van der Waals surface area contributed by atoms with Gasteiger partial charge in [0.15, 0.2) is 11.9 Å². The Bertz CT molecular complexity index is 1520. The van der Waals surface area contributed by atoms with Crippen LogP contribution in [0, 0.1) is 10.8 Å². The highest BCUT2D eigenvalue weighted by Crippen LogP contribution is 2.23. The molecule has 2 heterocycles. The van der Waals surface area contributed by atoms with Crippen LogP contribution in [0.25, 0.3) is 28.0 Å². The average Bonchev–Trinajstić information content (AvgIpc) is 3.35. The number of hydrogen-bond donors (Lipinski definition) is 8. The summed E-state index contributed by atoms with van der Waals surface area (Å²) in [6, 6.07) is 17.4. The zero-order valence-electron chi connectivity index (χ0n) is 21.9. The van der Waals surface area contributed by atoms with Crippen LogP contribution in [0.5, 0.6) is 0 Å². The molecule has 40 heavy (non-hydrogen) atoms. The van der Waals surface area contributed by atoms with E-state index in [1.54, 1.807) is 12.4 Å². The predicted molar refractivity (Wildman–Crippen MR) is 157 cm³/mol. The van der Waals surface area contributed by atoms with Gasteiger partial charge in [-0.25, -0.2) is 4.79 Å². The Morgan fingerprint density at radius 3 is 2.48 bits per heavy atom. The Morgan fingerprint density at radius 1 is 1.02 bits per heavy atom. The number of fused-ring (bicyclic) bond motifs is 1. The van der Waals surface area contributed by atoms with Gasteiger partial charge in [0.2, 0.25) is 0 Å². The highest BCUT2D eigenvalue weighted by Gasteiger charge is 2.09. The molecule has 0 spiro atoms. The van der Waals surface area contributed by atoms with Gasteiger partial charge in [-0.3, -0.25) is 15.4 Å². The SMILES string of the molecule is N=C(N)NCCCNCc1ccc(-n2cc3cc(-c4ccc(/C=N/OCCNC(=N)N)cc4)[nH]c3nc2=O)cc1. The number of nitrogens with two attached hydrogens (primary N) is 2. The van der Waals surface area contributed by atoms with Gasteiger partial charge in [0.25, 0.3) is 0 Å². The molecule has 4 rings (SSSR count). The van der Waals surface area contributed by atoms with E-state index in [2.05, 4.69) is 31.1 Å². The number of benzene rings is 2. The second kappa shape index (κ2) is 13.6. The first-order chi connectivity index (χ1) is 19.4. The molecule has 0 amide bonds. The first kappa shape index (κ1) is 27.9. The van der Waals surface area contributed by atoms with Gasteiger partial charge in [-0.15, -0.1) is 0 Å². The van der Waals surface area contributed by atoms with Crippen molar-refractivity contribution in [1.82, 2.24) is 30.5 Å². The van der Waals surface area contributed by atoms with Gasteiger partial charge in [-0.1, -0.05) is 41.6 Å². The largest absolute Gasteiger partial charge is 0.394 e. The molecule has 0 aliphatic carbocycles. The van der Waals surface area contributed by atoms with Crippen molar-refractivity contribution in [3.8, 4) is 16.9 Å². The summed E-state index contributed by atoms with van der Waals surface area (Å²) in [5, 5.41) is 27.7. The van der Waals surface area contributed by atoms with Crippen LogP contribution in [0.2, 0.25) is 0 Å². The molecule has 13 nitrogen and oxygen atoms in total. The number of oxime groups is 1. The smallest absolute Gasteiger partial charge is 0.354 e. The van der Waals surface area contributed by atoms with Crippen LogP contribution in [-0.2, 0) is 11.4 Å². The molecule has 0 aliphatic heterocycles. The summed E-state index contributed by atoms with van der Waals surface area (Å²) in [5.41, 5.74) is 15.1. The number of aromatic amines is 1. The van der Waals surface area contributed by atoms with Crippen LogP contribution in [0.4, 0.5) is 0 Å². The highest BCUT2D eigenvalue weighted by molar-refractivity contribution is 5.84. The van der Waals surface area contributed by atoms with Crippen molar-refractivity contribution in [3.05, 3.63) is 82.4 Å². The first-order valence-corrected chi connectivity index (χ1v) is 12.7. The summed E-state index contributed by atoms with van der Waals surface area (Å²) in [6.45, 7) is 2.84. The van der Waals surface area contributed by atoms with Crippen LogP contribution < -0.4 is 33.1 Å². The molecule has 0 fully saturated rings. The molecule has 0 saturated carbocycles. The lowest BCUT2D eigenvalue weighted by Gasteiger charge is -2.08. The Hall–Kier alpha value is -5.17. The van der Waals surface area contributed by atoms with E-state index in [1.165, 1.54) is 4.57 Å². The van der Waals surface area contributed by atoms with E-state index in [-0.39, 0.29) is 17.6 Å². The summed E-state index contributed by atoms with van der Waals surface area (Å²) in [5.74, 6) is -0.128. The molecule has 4 aromatic rings. The number of H-pyrrole nitrogens is 1. The summed E-state index contributed by atoms with van der Waals surface area (Å²) in [4.78, 5) is 25.4. The summed E-state index contributed by atoms with van der Waals surface area (Å²) >= 11 is 0.